The van der Waals surface area contributed by atoms with E-state index < -0.39 is 5.97 Å². The molecule has 0 bridgehead atoms. The van der Waals surface area contributed by atoms with Crippen LogP contribution in [0.1, 0.15) is 5.56 Å². The van der Waals surface area contributed by atoms with Crippen molar-refractivity contribution in [3.63, 3.8) is 0 Å². The molecule has 1 aromatic rings. The van der Waals surface area contributed by atoms with E-state index in [0.29, 0.717) is 12.3 Å². The van der Waals surface area contributed by atoms with Crippen LogP contribution in [0.3, 0.4) is 0 Å². The minimum Gasteiger partial charge on any atom is -0.482 e. The zero-order chi connectivity index (χ0) is 9.68. The summed E-state index contributed by atoms with van der Waals surface area (Å²) in [6, 6.07) is 7.11. The minimum atomic E-state index is -0.994. The number of para-hydroxylation sites is 1. The SMILES string of the molecule is NCc1ccccc1OCC(=O)O. The van der Waals surface area contributed by atoms with Crippen LogP contribution in [0.4, 0.5) is 0 Å². The molecule has 4 heteroatoms. The molecule has 1 rings (SSSR count). The normalized spacial score (nSPS) is 9.62. The van der Waals surface area contributed by atoms with Crippen molar-refractivity contribution >= 4 is 5.97 Å². The van der Waals surface area contributed by atoms with Crippen molar-refractivity contribution < 1.29 is 14.6 Å². The third-order valence-corrected chi connectivity index (χ3v) is 1.54. The second-order valence-corrected chi connectivity index (χ2v) is 2.49. The fourth-order valence-electron chi connectivity index (χ4n) is 0.953. The average molecular weight is 181 g/mol. The van der Waals surface area contributed by atoms with Crippen LogP contribution in [0.2, 0.25) is 0 Å². The topological polar surface area (TPSA) is 72.5 Å². The number of hydrogen-bond donors (Lipinski definition) is 2. The molecule has 3 N–H and O–H groups in total. The van der Waals surface area contributed by atoms with Crippen LogP contribution in [0, 0.1) is 0 Å². The molecule has 0 aromatic heterocycles. The Bertz CT molecular complexity index is 299. The first-order chi connectivity index (χ1) is 6.24. The molecule has 0 aliphatic carbocycles. The van der Waals surface area contributed by atoms with Crippen molar-refractivity contribution in [2.45, 2.75) is 6.54 Å². The Balaban J connectivity index is 2.69. The van der Waals surface area contributed by atoms with Crippen molar-refractivity contribution in [1.82, 2.24) is 0 Å². The van der Waals surface area contributed by atoms with Crippen molar-refractivity contribution in [2.75, 3.05) is 6.61 Å². The van der Waals surface area contributed by atoms with Gasteiger partial charge in [0.15, 0.2) is 6.61 Å². The van der Waals surface area contributed by atoms with Crippen molar-refractivity contribution in [3.05, 3.63) is 29.8 Å². The lowest BCUT2D eigenvalue weighted by molar-refractivity contribution is -0.139. The summed E-state index contributed by atoms with van der Waals surface area (Å²) in [7, 11) is 0. The fourth-order valence-corrected chi connectivity index (χ4v) is 0.953. The number of nitrogens with two attached hydrogens (primary N) is 1. The Kier molecular flexibility index (Phi) is 3.28. The molecule has 1 aromatic carbocycles. The summed E-state index contributed by atoms with van der Waals surface area (Å²) in [6.07, 6.45) is 0. The maximum Gasteiger partial charge on any atom is 0.341 e. The Labute approximate surface area is 75.9 Å². The lowest BCUT2D eigenvalue weighted by Crippen LogP contribution is -2.11. The van der Waals surface area contributed by atoms with Crippen LogP contribution in [0.15, 0.2) is 24.3 Å². The first-order valence-corrected chi connectivity index (χ1v) is 3.86. The van der Waals surface area contributed by atoms with Gasteiger partial charge in [0, 0.05) is 12.1 Å². The zero-order valence-electron chi connectivity index (χ0n) is 7.06. The van der Waals surface area contributed by atoms with Crippen LogP contribution in [0.5, 0.6) is 5.75 Å². The molecular weight excluding hydrogens is 170 g/mol. The van der Waals surface area contributed by atoms with Gasteiger partial charge in [0.25, 0.3) is 0 Å². The third-order valence-electron chi connectivity index (χ3n) is 1.54. The molecule has 0 unspecified atom stereocenters. The molecule has 0 heterocycles. The van der Waals surface area contributed by atoms with Crippen LogP contribution in [0.25, 0.3) is 0 Å². The fraction of sp³-hybridized carbons (Fsp3) is 0.222. The van der Waals surface area contributed by atoms with Gasteiger partial charge in [-0.05, 0) is 6.07 Å². The van der Waals surface area contributed by atoms with Gasteiger partial charge in [-0.15, -0.1) is 0 Å². The van der Waals surface area contributed by atoms with Gasteiger partial charge in [0.05, 0.1) is 0 Å². The highest BCUT2D eigenvalue weighted by molar-refractivity contribution is 5.68. The predicted molar refractivity (Wildman–Crippen MR) is 47.5 cm³/mol. The van der Waals surface area contributed by atoms with Gasteiger partial charge in [0.2, 0.25) is 0 Å². The molecule has 0 fully saturated rings. The quantitative estimate of drug-likeness (QED) is 0.713. The largest absolute Gasteiger partial charge is 0.482 e. The third kappa shape index (κ3) is 2.76. The van der Waals surface area contributed by atoms with Crippen molar-refractivity contribution in [1.29, 1.82) is 0 Å². The number of carboxylic acid groups (broad SMARTS) is 1. The molecule has 4 nitrogen and oxygen atoms in total. The Morgan fingerprint density at radius 3 is 2.77 bits per heavy atom. The number of benzene rings is 1. The molecule has 0 aliphatic rings. The maximum atomic E-state index is 10.2. The standard InChI is InChI=1S/C9H11NO3/c10-5-7-3-1-2-4-8(7)13-6-9(11)12/h1-4H,5-6,10H2,(H,11,12). The van der Waals surface area contributed by atoms with Gasteiger partial charge in [0.1, 0.15) is 5.75 Å². The lowest BCUT2D eigenvalue weighted by Gasteiger charge is -2.07. The molecule has 0 radical (unpaired) electrons. The minimum absolute atomic E-state index is 0.336. The summed E-state index contributed by atoms with van der Waals surface area (Å²) in [4.78, 5) is 10.2. The van der Waals surface area contributed by atoms with Crippen LogP contribution < -0.4 is 10.5 Å². The number of aliphatic carboxylic acids is 1. The molecule has 70 valence electrons. The van der Waals surface area contributed by atoms with Crippen molar-refractivity contribution in [3.8, 4) is 5.75 Å². The summed E-state index contributed by atoms with van der Waals surface area (Å²) >= 11 is 0. The molecule has 13 heavy (non-hydrogen) atoms. The Morgan fingerprint density at radius 2 is 2.15 bits per heavy atom. The van der Waals surface area contributed by atoms with Crippen LogP contribution >= 0.6 is 0 Å². The zero-order valence-corrected chi connectivity index (χ0v) is 7.06. The van der Waals surface area contributed by atoms with E-state index in [-0.39, 0.29) is 6.61 Å². The summed E-state index contributed by atoms with van der Waals surface area (Å²) < 4.78 is 5.01. The molecule has 0 saturated heterocycles. The van der Waals surface area contributed by atoms with Gasteiger partial charge in [-0.3, -0.25) is 0 Å². The summed E-state index contributed by atoms with van der Waals surface area (Å²) in [5, 5.41) is 8.38. The van der Waals surface area contributed by atoms with E-state index in [1.807, 2.05) is 6.07 Å². The first kappa shape index (κ1) is 9.54. The lowest BCUT2D eigenvalue weighted by atomic mass is 10.2. The van der Waals surface area contributed by atoms with Gasteiger partial charge in [-0.25, -0.2) is 4.79 Å². The molecule has 0 atom stereocenters. The molecule has 0 saturated carbocycles. The Hall–Kier alpha value is -1.55. The van der Waals surface area contributed by atoms with E-state index in [1.54, 1.807) is 18.2 Å². The maximum absolute atomic E-state index is 10.2. The monoisotopic (exact) mass is 181 g/mol. The van der Waals surface area contributed by atoms with Gasteiger partial charge in [-0.1, -0.05) is 18.2 Å². The van der Waals surface area contributed by atoms with E-state index in [4.69, 9.17) is 15.6 Å². The summed E-state index contributed by atoms with van der Waals surface area (Å²) in [5.41, 5.74) is 6.24. The van der Waals surface area contributed by atoms with Crippen LogP contribution in [-0.2, 0) is 11.3 Å². The highest BCUT2D eigenvalue weighted by Crippen LogP contribution is 2.16. The molecule has 0 aliphatic heterocycles. The second-order valence-electron chi connectivity index (χ2n) is 2.49. The van der Waals surface area contributed by atoms with E-state index in [0.717, 1.165) is 5.56 Å². The Morgan fingerprint density at radius 1 is 1.46 bits per heavy atom. The molecule has 0 spiro atoms. The first-order valence-electron chi connectivity index (χ1n) is 3.86. The average Bonchev–Trinajstić information content (AvgIpc) is 2.15. The molecular formula is C9H11NO3. The van der Waals surface area contributed by atoms with E-state index in [1.165, 1.54) is 0 Å². The smallest absolute Gasteiger partial charge is 0.341 e. The summed E-state index contributed by atoms with van der Waals surface area (Å²) in [6.45, 7) is 0.00675. The molecule has 0 amide bonds. The number of hydrogen-bond acceptors (Lipinski definition) is 3. The van der Waals surface area contributed by atoms with Crippen molar-refractivity contribution in [2.24, 2.45) is 5.73 Å². The van der Waals surface area contributed by atoms with Gasteiger partial charge >= 0.3 is 5.97 Å². The highest BCUT2D eigenvalue weighted by atomic mass is 16.5. The highest BCUT2D eigenvalue weighted by Gasteiger charge is 2.02. The van der Waals surface area contributed by atoms with E-state index in [2.05, 4.69) is 0 Å². The number of rotatable bonds is 4. The summed E-state index contributed by atoms with van der Waals surface area (Å²) in [5.74, 6) is -0.459. The number of carbonyl (C=O) groups is 1. The van der Waals surface area contributed by atoms with E-state index >= 15 is 0 Å². The number of ether oxygens (including phenoxy) is 1. The van der Waals surface area contributed by atoms with Gasteiger partial charge in [-0.2, -0.15) is 0 Å². The predicted octanol–water partition coefficient (Wildman–Crippen LogP) is 0.609. The second kappa shape index (κ2) is 4.47. The van der Waals surface area contributed by atoms with Gasteiger partial charge < -0.3 is 15.6 Å². The van der Waals surface area contributed by atoms with Crippen LogP contribution in [-0.4, -0.2) is 17.7 Å². The number of carboxylic acids is 1. The van der Waals surface area contributed by atoms with E-state index in [9.17, 15) is 4.79 Å².